The van der Waals surface area contributed by atoms with E-state index in [4.69, 9.17) is 25.7 Å². The molecule has 3 amide bonds. The predicted molar refractivity (Wildman–Crippen MR) is 113 cm³/mol. The number of nitrogens with zero attached hydrogens (tertiary/aromatic N) is 2. The molecule has 0 bridgehead atoms. The Labute approximate surface area is 179 Å². The quantitative estimate of drug-likeness (QED) is 0.318. The molecule has 1 aliphatic heterocycles. The highest BCUT2D eigenvalue weighted by atomic mass is 16.5. The Balaban J connectivity index is 1.64. The summed E-state index contributed by atoms with van der Waals surface area (Å²) >= 11 is 0. The summed E-state index contributed by atoms with van der Waals surface area (Å²) in [5, 5.41) is 4.80. The van der Waals surface area contributed by atoms with Crippen LogP contribution in [0.2, 0.25) is 0 Å². The van der Waals surface area contributed by atoms with Crippen molar-refractivity contribution >= 4 is 23.7 Å². The lowest BCUT2D eigenvalue weighted by molar-refractivity contribution is -0.120. The van der Waals surface area contributed by atoms with Gasteiger partial charge in [0.2, 0.25) is 11.7 Å². The first-order valence-electron chi connectivity index (χ1n) is 9.77. The zero-order valence-electron chi connectivity index (χ0n) is 17.4. The lowest BCUT2D eigenvalue weighted by Crippen LogP contribution is -2.28. The molecule has 11 heteroatoms. The van der Waals surface area contributed by atoms with E-state index < -0.39 is 12.1 Å². The van der Waals surface area contributed by atoms with Crippen molar-refractivity contribution in [2.75, 3.05) is 32.3 Å². The number of benzene rings is 1. The standard InChI is InChI=1S/C20H26N6O5/c1-29-14-8-11(7-12-10-23-19(22)25-17(12)21)9-15(16(14)30-2)31-6-4-3-5-13-18(27)26-20(28)24-13/h8-10,13H,3-7H2,1-2H3,(H4,21,22,23,25)(H2,24,26,27,28). The highest BCUT2D eigenvalue weighted by Gasteiger charge is 2.28. The summed E-state index contributed by atoms with van der Waals surface area (Å²) in [7, 11) is 3.09. The molecule has 1 aromatic heterocycles. The summed E-state index contributed by atoms with van der Waals surface area (Å²) in [6.45, 7) is 0.401. The molecule has 1 aromatic carbocycles. The van der Waals surface area contributed by atoms with Crippen LogP contribution in [0.1, 0.15) is 30.4 Å². The van der Waals surface area contributed by atoms with E-state index in [1.54, 1.807) is 13.3 Å². The minimum atomic E-state index is -0.488. The Morgan fingerprint density at radius 1 is 1.10 bits per heavy atom. The molecule has 0 saturated carbocycles. The molecule has 1 atom stereocenters. The van der Waals surface area contributed by atoms with E-state index in [0.29, 0.717) is 55.4 Å². The number of methoxy groups -OCH3 is 2. The van der Waals surface area contributed by atoms with Gasteiger partial charge in [-0.1, -0.05) is 0 Å². The van der Waals surface area contributed by atoms with Gasteiger partial charge in [0.05, 0.1) is 20.8 Å². The molecule has 0 radical (unpaired) electrons. The predicted octanol–water partition coefficient (Wildman–Crippen LogP) is 1.01. The number of anilines is 2. The largest absolute Gasteiger partial charge is 0.493 e. The Kier molecular flexibility index (Phi) is 6.96. The van der Waals surface area contributed by atoms with Gasteiger partial charge in [0.25, 0.3) is 5.91 Å². The molecule has 3 rings (SSSR count). The van der Waals surface area contributed by atoms with Gasteiger partial charge in [0, 0.05) is 18.2 Å². The maximum absolute atomic E-state index is 11.6. The van der Waals surface area contributed by atoms with Gasteiger partial charge in [-0.15, -0.1) is 0 Å². The lowest BCUT2D eigenvalue weighted by Gasteiger charge is -2.16. The third-order valence-corrected chi connectivity index (χ3v) is 4.82. The van der Waals surface area contributed by atoms with E-state index in [1.165, 1.54) is 7.11 Å². The van der Waals surface area contributed by atoms with Crippen LogP contribution < -0.4 is 36.3 Å². The van der Waals surface area contributed by atoms with Crippen LogP contribution in [-0.4, -0.2) is 48.8 Å². The second-order valence-corrected chi connectivity index (χ2v) is 7.00. The number of unbranched alkanes of at least 4 members (excludes halogenated alkanes) is 1. The van der Waals surface area contributed by atoms with Crippen LogP contribution in [0, 0.1) is 0 Å². The molecule has 1 unspecified atom stereocenters. The molecule has 31 heavy (non-hydrogen) atoms. The highest BCUT2D eigenvalue weighted by Crippen LogP contribution is 2.39. The number of aromatic nitrogens is 2. The average molecular weight is 430 g/mol. The van der Waals surface area contributed by atoms with Crippen LogP contribution in [0.4, 0.5) is 16.6 Å². The molecule has 0 spiro atoms. The summed E-state index contributed by atoms with van der Waals surface area (Å²) in [6.07, 6.45) is 3.98. The monoisotopic (exact) mass is 430 g/mol. The van der Waals surface area contributed by atoms with Crippen LogP contribution in [0.3, 0.4) is 0 Å². The zero-order chi connectivity index (χ0) is 22.4. The summed E-state index contributed by atoms with van der Waals surface area (Å²) < 4.78 is 16.8. The third-order valence-electron chi connectivity index (χ3n) is 4.82. The van der Waals surface area contributed by atoms with Crippen molar-refractivity contribution in [2.45, 2.75) is 31.7 Å². The number of ether oxygens (including phenoxy) is 3. The second kappa shape index (κ2) is 9.83. The van der Waals surface area contributed by atoms with Crippen LogP contribution in [0.15, 0.2) is 18.3 Å². The van der Waals surface area contributed by atoms with Gasteiger partial charge in [0.1, 0.15) is 11.9 Å². The van der Waals surface area contributed by atoms with Gasteiger partial charge in [0.15, 0.2) is 11.5 Å². The molecule has 1 fully saturated rings. The van der Waals surface area contributed by atoms with Gasteiger partial charge in [-0.05, 0) is 37.0 Å². The first-order chi connectivity index (χ1) is 14.9. The summed E-state index contributed by atoms with van der Waals surface area (Å²) in [6, 6.07) is 2.75. The number of carbonyl (C=O) groups is 2. The molecule has 0 aliphatic carbocycles. The molecular formula is C20H26N6O5. The second-order valence-electron chi connectivity index (χ2n) is 7.00. The maximum Gasteiger partial charge on any atom is 0.322 e. The summed E-state index contributed by atoms with van der Waals surface area (Å²) in [5.41, 5.74) is 13.1. The summed E-state index contributed by atoms with van der Waals surface area (Å²) in [4.78, 5) is 30.7. The molecule has 1 aliphatic rings. The number of nitrogen functional groups attached to an aromatic ring is 2. The maximum atomic E-state index is 11.6. The lowest BCUT2D eigenvalue weighted by atomic mass is 10.1. The van der Waals surface area contributed by atoms with Crippen LogP contribution in [0.25, 0.3) is 0 Å². The molecule has 2 aromatic rings. The first kappa shape index (κ1) is 21.9. The van der Waals surface area contributed by atoms with Crippen LogP contribution in [0.5, 0.6) is 17.2 Å². The third kappa shape index (κ3) is 5.44. The van der Waals surface area contributed by atoms with Crippen molar-refractivity contribution in [3.05, 3.63) is 29.5 Å². The number of hydrogen-bond donors (Lipinski definition) is 4. The molecule has 1 saturated heterocycles. The fourth-order valence-electron chi connectivity index (χ4n) is 3.28. The van der Waals surface area contributed by atoms with E-state index >= 15 is 0 Å². The van der Waals surface area contributed by atoms with Crippen molar-refractivity contribution in [1.29, 1.82) is 0 Å². The number of hydrogen-bond acceptors (Lipinski definition) is 9. The van der Waals surface area contributed by atoms with Crippen LogP contribution >= 0.6 is 0 Å². The Morgan fingerprint density at radius 2 is 1.87 bits per heavy atom. The Bertz CT molecular complexity index is 967. The van der Waals surface area contributed by atoms with E-state index in [2.05, 4.69) is 20.6 Å². The molecule has 2 heterocycles. The number of urea groups is 1. The minimum Gasteiger partial charge on any atom is -0.493 e. The fourth-order valence-corrected chi connectivity index (χ4v) is 3.28. The smallest absolute Gasteiger partial charge is 0.322 e. The minimum absolute atomic E-state index is 0.118. The first-order valence-corrected chi connectivity index (χ1v) is 9.77. The SMILES string of the molecule is COc1cc(Cc2cnc(N)nc2N)cc(OCCCCC2NC(=O)NC2=O)c1OC. The number of amides is 3. The Morgan fingerprint density at radius 3 is 2.52 bits per heavy atom. The van der Waals surface area contributed by atoms with Gasteiger partial charge in [-0.25, -0.2) is 9.78 Å². The van der Waals surface area contributed by atoms with E-state index in [-0.39, 0.29) is 11.9 Å². The summed E-state index contributed by atoms with van der Waals surface area (Å²) in [5.74, 6) is 1.67. The average Bonchev–Trinajstić information content (AvgIpc) is 3.06. The number of carbonyl (C=O) groups excluding carboxylic acids is 2. The van der Waals surface area contributed by atoms with Gasteiger partial charge in [-0.2, -0.15) is 4.98 Å². The highest BCUT2D eigenvalue weighted by molar-refractivity contribution is 6.04. The van der Waals surface area contributed by atoms with Crippen molar-refractivity contribution in [2.24, 2.45) is 0 Å². The normalized spacial score (nSPS) is 15.4. The molecular weight excluding hydrogens is 404 g/mol. The molecule has 11 nitrogen and oxygen atoms in total. The van der Waals surface area contributed by atoms with E-state index in [9.17, 15) is 9.59 Å². The van der Waals surface area contributed by atoms with E-state index in [0.717, 1.165) is 11.1 Å². The fraction of sp³-hybridized carbons (Fsp3) is 0.400. The van der Waals surface area contributed by atoms with Crippen LogP contribution in [-0.2, 0) is 11.2 Å². The number of rotatable bonds is 10. The topological polar surface area (TPSA) is 164 Å². The molecule has 166 valence electrons. The van der Waals surface area contributed by atoms with Gasteiger partial charge < -0.3 is 31.0 Å². The molecule has 6 N–H and O–H groups in total. The van der Waals surface area contributed by atoms with Crippen molar-refractivity contribution in [3.8, 4) is 17.2 Å². The van der Waals surface area contributed by atoms with Crippen molar-refractivity contribution in [1.82, 2.24) is 20.6 Å². The van der Waals surface area contributed by atoms with Crippen molar-refractivity contribution in [3.63, 3.8) is 0 Å². The van der Waals surface area contributed by atoms with Gasteiger partial charge >= 0.3 is 6.03 Å². The number of nitrogens with two attached hydrogens (primary N) is 2. The van der Waals surface area contributed by atoms with Crippen molar-refractivity contribution < 1.29 is 23.8 Å². The van der Waals surface area contributed by atoms with Gasteiger partial charge in [-0.3, -0.25) is 10.1 Å². The zero-order valence-corrected chi connectivity index (χ0v) is 17.4. The van der Waals surface area contributed by atoms with E-state index in [1.807, 2.05) is 12.1 Å². The number of nitrogens with one attached hydrogen (secondary N) is 2. The Hall–Kier alpha value is -3.76. The number of imide groups is 1.